The fraction of sp³-hybridized carbons (Fsp3) is 0.348. The number of hydrogen-bond donors (Lipinski definition) is 1. The van der Waals surface area contributed by atoms with Crippen molar-refractivity contribution >= 4 is 35.1 Å². The molecule has 0 aromatic carbocycles. The standard InChI is InChI=1S/C23H20N2O4S/c26-21-10-9-18(22(27)24-21)25-11-17-16(23(25)28)6-4-7-19(17)29-12-14-13-30-20-8-3-1-2-5-15(14)20/h3,6,8,13,18H,1,4,7,9-12H2,(H,24,26,27). The number of carbonyl (C=O) groups excluding carboxylic acids is 3. The average Bonchev–Trinajstić information content (AvgIpc) is 3.18. The molecular formula is C23H20N2O4S. The van der Waals surface area contributed by atoms with E-state index in [4.69, 9.17) is 4.74 Å². The van der Waals surface area contributed by atoms with Gasteiger partial charge in [-0.3, -0.25) is 19.7 Å². The number of carbonyl (C=O) groups is 3. The van der Waals surface area contributed by atoms with Crippen molar-refractivity contribution in [3.8, 4) is 11.8 Å². The molecule has 1 aromatic rings. The van der Waals surface area contributed by atoms with Crippen molar-refractivity contribution in [1.29, 1.82) is 0 Å². The van der Waals surface area contributed by atoms with Crippen LogP contribution >= 0.6 is 11.3 Å². The molecule has 5 rings (SSSR count). The molecule has 7 heteroatoms. The van der Waals surface area contributed by atoms with Crippen molar-refractivity contribution in [2.45, 2.75) is 44.8 Å². The first-order chi connectivity index (χ1) is 14.6. The lowest BCUT2D eigenvalue weighted by Gasteiger charge is -2.28. The molecule has 1 aromatic heterocycles. The van der Waals surface area contributed by atoms with Crippen molar-refractivity contribution < 1.29 is 19.1 Å². The van der Waals surface area contributed by atoms with Crippen molar-refractivity contribution in [3.63, 3.8) is 0 Å². The second kappa shape index (κ2) is 7.62. The Kier molecular flexibility index (Phi) is 4.80. The van der Waals surface area contributed by atoms with Crippen molar-refractivity contribution in [2.75, 3.05) is 6.54 Å². The predicted molar refractivity (Wildman–Crippen MR) is 112 cm³/mol. The number of likely N-dealkylation sites (tertiary alicyclic amines) is 1. The van der Waals surface area contributed by atoms with Gasteiger partial charge in [-0.1, -0.05) is 24.0 Å². The molecule has 0 radical (unpaired) electrons. The van der Waals surface area contributed by atoms with Crippen LogP contribution in [0.25, 0.3) is 6.08 Å². The highest BCUT2D eigenvalue weighted by atomic mass is 32.1. The van der Waals surface area contributed by atoms with E-state index in [-0.39, 0.29) is 18.2 Å². The highest BCUT2D eigenvalue weighted by molar-refractivity contribution is 7.11. The van der Waals surface area contributed by atoms with E-state index < -0.39 is 11.9 Å². The summed E-state index contributed by atoms with van der Waals surface area (Å²) >= 11 is 1.66. The van der Waals surface area contributed by atoms with E-state index in [2.05, 4.69) is 34.7 Å². The Morgan fingerprint density at radius 1 is 1.27 bits per heavy atom. The molecule has 1 atom stereocenters. The molecular weight excluding hydrogens is 400 g/mol. The van der Waals surface area contributed by atoms with E-state index in [0.29, 0.717) is 25.1 Å². The van der Waals surface area contributed by atoms with Crippen LogP contribution in [-0.2, 0) is 25.7 Å². The minimum Gasteiger partial charge on any atom is -0.493 e. The number of hydrogen-bond acceptors (Lipinski definition) is 5. The molecule has 4 aliphatic rings. The van der Waals surface area contributed by atoms with Gasteiger partial charge in [0, 0.05) is 46.4 Å². The smallest absolute Gasteiger partial charge is 0.254 e. The third-order valence-electron chi connectivity index (χ3n) is 5.79. The molecule has 0 saturated carbocycles. The van der Waals surface area contributed by atoms with E-state index in [0.717, 1.165) is 46.6 Å². The first-order valence-corrected chi connectivity index (χ1v) is 11.0. The third kappa shape index (κ3) is 3.27. The fourth-order valence-corrected chi connectivity index (χ4v) is 5.19. The summed E-state index contributed by atoms with van der Waals surface area (Å²) in [5.74, 6) is 6.35. The van der Waals surface area contributed by atoms with Gasteiger partial charge in [-0.05, 0) is 24.3 Å². The Hall–Kier alpha value is -3.11. The Morgan fingerprint density at radius 2 is 2.17 bits per heavy atom. The summed E-state index contributed by atoms with van der Waals surface area (Å²) in [7, 11) is 0. The summed E-state index contributed by atoms with van der Waals surface area (Å²) in [5.41, 5.74) is 3.58. The van der Waals surface area contributed by atoms with Gasteiger partial charge in [0.15, 0.2) is 0 Å². The van der Waals surface area contributed by atoms with Gasteiger partial charge in [0.05, 0.1) is 6.54 Å². The van der Waals surface area contributed by atoms with Crippen LogP contribution in [-0.4, -0.2) is 35.2 Å². The first-order valence-electron chi connectivity index (χ1n) is 10.1. The van der Waals surface area contributed by atoms with Gasteiger partial charge < -0.3 is 9.64 Å². The second-order valence-corrected chi connectivity index (χ2v) is 8.57. The molecule has 2 saturated heterocycles. The average molecular weight is 420 g/mol. The van der Waals surface area contributed by atoms with Gasteiger partial charge in [-0.2, -0.15) is 0 Å². The molecule has 2 aliphatic carbocycles. The lowest BCUT2D eigenvalue weighted by molar-refractivity contribution is -0.142. The van der Waals surface area contributed by atoms with Crippen LogP contribution < -0.4 is 5.32 Å². The number of ether oxygens (including phenoxy) is 1. The molecule has 1 unspecified atom stereocenters. The van der Waals surface area contributed by atoms with Gasteiger partial charge >= 0.3 is 0 Å². The highest BCUT2D eigenvalue weighted by Gasteiger charge is 2.42. The summed E-state index contributed by atoms with van der Waals surface area (Å²) in [5, 5.41) is 4.42. The lowest BCUT2D eigenvalue weighted by Crippen LogP contribution is -2.52. The zero-order chi connectivity index (χ0) is 20.7. The summed E-state index contributed by atoms with van der Waals surface area (Å²) in [6.45, 7) is 0.754. The quantitative estimate of drug-likeness (QED) is 0.600. The van der Waals surface area contributed by atoms with Crippen molar-refractivity contribution in [1.82, 2.24) is 10.2 Å². The van der Waals surface area contributed by atoms with E-state index >= 15 is 0 Å². The molecule has 2 fully saturated rings. The molecule has 3 heterocycles. The molecule has 0 spiro atoms. The van der Waals surface area contributed by atoms with E-state index in [1.165, 1.54) is 0 Å². The fourth-order valence-electron chi connectivity index (χ4n) is 4.26. The number of rotatable bonds is 4. The topological polar surface area (TPSA) is 75.7 Å². The molecule has 30 heavy (non-hydrogen) atoms. The van der Waals surface area contributed by atoms with Crippen LogP contribution in [0.1, 0.15) is 48.1 Å². The van der Waals surface area contributed by atoms with Gasteiger partial charge in [0.2, 0.25) is 11.8 Å². The lowest BCUT2D eigenvalue weighted by atomic mass is 9.98. The van der Waals surface area contributed by atoms with Gasteiger partial charge in [0.25, 0.3) is 5.91 Å². The molecule has 1 N–H and O–H groups in total. The van der Waals surface area contributed by atoms with E-state index in [9.17, 15) is 14.4 Å². The molecule has 0 bridgehead atoms. The Balaban J connectivity index is 1.36. The molecule has 2 aliphatic heterocycles. The monoisotopic (exact) mass is 420 g/mol. The largest absolute Gasteiger partial charge is 0.493 e. The number of nitrogens with one attached hydrogen (secondary N) is 1. The molecule has 6 nitrogen and oxygen atoms in total. The number of allylic oxidation sites excluding steroid dienone is 3. The zero-order valence-electron chi connectivity index (χ0n) is 16.3. The maximum Gasteiger partial charge on any atom is 0.254 e. The maximum atomic E-state index is 13.0. The predicted octanol–water partition coefficient (Wildman–Crippen LogP) is 2.65. The van der Waals surface area contributed by atoms with Crippen molar-refractivity contribution in [3.05, 3.63) is 50.4 Å². The van der Waals surface area contributed by atoms with Crippen molar-refractivity contribution in [2.24, 2.45) is 0 Å². The van der Waals surface area contributed by atoms with Crippen LogP contribution in [0.3, 0.4) is 0 Å². The minimum absolute atomic E-state index is 0.152. The maximum absolute atomic E-state index is 13.0. The molecule has 3 amide bonds. The Labute approximate surface area is 178 Å². The summed E-state index contributed by atoms with van der Waals surface area (Å²) in [6, 6.07) is -0.606. The SMILES string of the molecule is O=C1CCC(N2CC3=C(OCc4csc5c4C#CCC=C5)CCC=C3C2=O)C(=O)N1. The molecule has 152 valence electrons. The second-order valence-electron chi connectivity index (χ2n) is 7.66. The Bertz CT molecular complexity index is 1110. The first kappa shape index (κ1) is 18.9. The number of imide groups is 1. The normalized spacial score (nSPS) is 22.7. The highest BCUT2D eigenvalue weighted by Crippen LogP contribution is 2.36. The van der Waals surface area contributed by atoms with Crippen LogP contribution in [0.4, 0.5) is 0 Å². The number of piperidine rings is 1. The van der Waals surface area contributed by atoms with Gasteiger partial charge in [-0.15, -0.1) is 11.3 Å². The summed E-state index contributed by atoms with van der Waals surface area (Å²) < 4.78 is 6.20. The van der Waals surface area contributed by atoms with Crippen LogP contribution in [0, 0.1) is 11.8 Å². The van der Waals surface area contributed by atoms with Gasteiger partial charge in [-0.25, -0.2) is 0 Å². The van der Waals surface area contributed by atoms with Crippen LogP contribution in [0.2, 0.25) is 0 Å². The summed E-state index contributed by atoms with van der Waals surface area (Å²) in [6.07, 6.45) is 8.91. The van der Waals surface area contributed by atoms with E-state index in [1.807, 2.05) is 6.08 Å². The number of nitrogens with zero attached hydrogens (tertiary/aromatic N) is 1. The van der Waals surface area contributed by atoms with E-state index in [1.54, 1.807) is 16.2 Å². The number of thiophene rings is 1. The third-order valence-corrected chi connectivity index (χ3v) is 6.78. The number of amides is 3. The number of fused-ring (bicyclic) bond motifs is 2. The minimum atomic E-state index is -0.606. The Morgan fingerprint density at radius 3 is 3.03 bits per heavy atom. The summed E-state index contributed by atoms with van der Waals surface area (Å²) in [4.78, 5) is 39.4. The van der Waals surface area contributed by atoms with Crippen LogP contribution in [0.15, 0.2) is 34.4 Å². The van der Waals surface area contributed by atoms with Gasteiger partial charge in [0.1, 0.15) is 18.4 Å². The zero-order valence-corrected chi connectivity index (χ0v) is 17.1. The van der Waals surface area contributed by atoms with Crippen LogP contribution in [0.5, 0.6) is 0 Å².